The van der Waals surface area contributed by atoms with Gasteiger partial charge in [-0.15, -0.1) is 0 Å². The van der Waals surface area contributed by atoms with Crippen molar-refractivity contribution in [1.82, 2.24) is 0 Å². The van der Waals surface area contributed by atoms with E-state index >= 15 is 0 Å². The van der Waals surface area contributed by atoms with E-state index in [9.17, 15) is 4.79 Å². The highest BCUT2D eigenvalue weighted by molar-refractivity contribution is 8.27. The topological polar surface area (TPSA) is 29.5 Å². The number of amides is 1. The number of hydrogen-bond donors (Lipinski definition) is 0. The molecule has 0 bridgehead atoms. The van der Waals surface area contributed by atoms with Gasteiger partial charge in [0.15, 0.2) is 4.32 Å². The van der Waals surface area contributed by atoms with E-state index in [2.05, 4.69) is 24.3 Å². The number of ether oxygens (including phenoxy) is 1. The third-order valence-electron chi connectivity index (χ3n) is 5.41. The van der Waals surface area contributed by atoms with Gasteiger partial charge in [0.25, 0.3) is 5.91 Å². The minimum absolute atomic E-state index is 0.190. The molecule has 0 radical (unpaired) electrons. The van der Waals surface area contributed by atoms with Gasteiger partial charge in [-0.1, -0.05) is 102 Å². The van der Waals surface area contributed by atoms with Crippen molar-refractivity contribution in [2.45, 2.75) is 6.61 Å². The summed E-state index contributed by atoms with van der Waals surface area (Å²) in [5.74, 6) is 0.568. The summed E-state index contributed by atoms with van der Waals surface area (Å²) in [6, 6.07) is 27.1. The highest BCUT2D eigenvalue weighted by atomic mass is 35.5. The van der Waals surface area contributed by atoms with E-state index in [4.69, 9.17) is 40.2 Å². The van der Waals surface area contributed by atoms with Crippen LogP contribution in [0.5, 0.6) is 5.75 Å². The molecule has 1 amide bonds. The maximum Gasteiger partial charge on any atom is 0.270 e. The lowest BCUT2D eigenvalue weighted by Gasteiger charge is -2.15. The van der Waals surface area contributed by atoms with E-state index in [0.717, 1.165) is 16.9 Å². The summed E-state index contributed by atoms with van der Waals surface area (Å²) >= 11 is 18.8. The van der Waals surface area contributed by atoms with Gasteiger partial charge in [-0.2, -0.15) is 0 Å². The molecule has 1 fully saturated rings. The number of carbonyl (C=O) groups excluding carboxylic acids is 1. The fraction of sp³-hybridized carbons (Fsp3) is 0.0370. The summed E-state index contributed by atoms with van der Waals surface area (Å²) in [5.41, 5.74) is 2.61. The molecule has 0 atom stereocenters. The van der Waals surface area contributed by atoms with Crippen molar-refractivity contribution in [3.63, 3.8) is 0 Å². The minimum Gasteiger partial charge on any atom is -0.489 e. The van der Waals surface area contributed by atoms with Crippen LogP contribution in [0.25, 0.3) is 16.8 Å². The maximum absolute atomic E-state index is 13.0. The number of rotatable bonds is 5. The summed E-state index contributed by atoms with van der Waals surface area (Å²) < 4.78 is 6.46. The first-order chi connectivity index (χ1) is 16.5. The zero-order valence-electron chi connectivity index (χ0n) is 17.7. The zero-order chi connectivity index (χ0) is 23.7. The van der Waals surface area contributed by atoms with Gasteiger partial charge >= 0.3 is 0 Å². The van der Waals surface area contributed by atoms with E-state index < -0.39 is 0 Å². The van der Waals surface area contributed by atoms with Crippen LogP contribution in [0.15, 0.2) is 89.8 Å². The predicted molar refractivity (Wildman–Crippen MR) is 147 cm³/mol. The lowest BCUT2D eigenvalue weighted by Crippen LogP contribution is -2.27. The van der Waals surface area contributed by atoms with Crippen molar-refractivity contribution in [2.75, 3.05) is 4.90 Å². The number of fused-ring (bicyclic) bond motifs is 1. The SMILES string of the molecule is O=C1/C(=C/c2ccc(OCc3cccc4ccccc34)cc2)SC(=S)N1c1ccc(Cl)c(Cl)c1. The second kappa shape index (κ2) is 9.80. The van der Waals surface area contributed by atoms with Gasteiger partial charge < -0.3 is 4.74 Å². The van der Waals surface area contributed by atoms with Gasteiger partial charge in [0.1, 0.15) is 12.4 Å². The summed E-state index contributed by atoms with van der Waals surface area (Å²) in [4.78, 5) is 15.0. The molecule has 1 aliphatic rings. The first kappa shape index (κ1) is 22.9. The molecule has 5 rings (SSSR count). The molecule has 0 N–H and O–H groups in total. The number of benzene rings is 4. The Morgan fingerprint density at radius 3 is 2.47 bits per heavy atom. The standard InChI is InChI=1S/C27H17Cl2NO2S2/c28-23-13-10-20(15-24(23)29)30-26(31)25(34-27(30)33)14-17-8-11-21(12-9-17)32-16-19-6-3-5-18-4-1-2-7-22(18)19/h1-15H,16H2/b25-14-. The molecule has 168 valence electrons. The van der Waals surface area contributed by atoms with Crippen molar-refractivity contribution in [1.29, 1.82) is 0 Å². The molecule has 0 aliphatic carbocycles. The molecule has 4 aromatic carbocycles. The summed E-state index contributed by atoms with van der Waals surface area (Å²) in [6.45, 7) is 0.475. The van der Waals surface area contributed by atoms with Crippen LogP contribution in [0.1, 0.15) is 11.1 Å². The fourth-order valence-corrected chi connectivity index (χ4v) is 5.30. The van der Waals surface area contributed by atoms with Crippen LogP contribution in [-0.2, 0) is 11.4 Å². The quantitative estimate of drug-likeness (QED) is 0.196. The number of halogens is 2. The van der Waals surface area contributed by atoms with Gasteiger partial charge in [-0.3, -0.25) is 9.69 Å². The average Bonchev–Trinajstić information content (AvgIpc) is 3.13. The largest absolute Gasteiger partial charge is 0.489 e. The Balaban J connectivity index is 1.30. The molecule has 7 heteroatoms. The fourth-order valence-electron chi connectivity index (χ4n) is 3.71. The van der Waals surface area contributed by atoms with Crippen LogP contribution in [0.4, 0.5) is 5.69 Å². The molecular weight excluding hydrogens is 505 g/mol. The van der Waals surface area contributed by atoms with Gasteiger partial charge in [0.05, 0.1) is 20.6 Å². The molecule has 1 aliphatic heterocycles. The van der Waals surface area contributed by atoms with E-state index in [-0.39, 0.29) is 5.91 Å². The number of carbonyl (C=O) groups is 1. The van der Waals surface area contributed by atoms with Crippen LogP contribution in [0, 0.1) is 0 Å². The first-order valence-corrected chi connectivity index (χ1v) is 12.4. The molecule has 3 nitrogen and oxygen atoms in total. The molecule has 1 heterocycles. The number of thiocarbonyl (C=S) groups is 1. The van der Waals surface area contributed by atoms with Gasteiger partial charge in [-0.25, -0.2) is 0 Å². The zero-order valence-corrected chi connectivity index (χ0v) is 20.8. The van der Waals surface area contributed by atoms with Crippen LogP contribution in [0.3, 0.4) is 0 Å². The van der Waals surface area contributed by atoms with Gasteiger partial charge in [0.2, 0.25) is 0 Å². The lowest BCUT2D eigenvalue weighted by atomic mass is 10.1. The van der Waals surface area contributed by atoms with E-state index in [1.807, 2.05) is 48.5 Å². The Labute approximate surface area is 216 Å². The number of hydrogen-bond acceptors (Lipinski definition) is 4. The molecule has 0 aromatic heterocycles. The Morgan fingerprint density at radius 2 is 1.68 bits per heavy atom. The number of nitrogens with zero attached hydrogens (tertiary/aromatic N) is 1. The van der Waals surface area contributed by atoms with Crippen LogP contribution >= 0.6 is 47.2 Å². The molecule has 4 aromatic rings. The van der Waals surface area contributed by atoms with Gasteiger partial charge in [-0.05, 0) is 58.3 Å². The normalized spacial score (nSPS) is 14.9. The molecule has 0 unspecified atom stereocenters. The Kier molecular flexibility index (Phi) is 6.61. The average molecular weight is 522 g/mol. The van der Waals surface area contributed by atoms with Crippen LogP contribution < -0.4 is 9.64 Å². The summed E-state index contributed by atoms with van der Waals surface area (Å²) in [6.07, 6.45) is 1.82. The van der Waals surface area contributed by atoms with E-state index in [1.54, 1.807) is 18.2 Å². The van der Waals surface area contributed by atoms with Crippen molar-refractivity contribution in [3.8, 4) is 5.75 Å². The molecule has 0 saturated carbocycles. The summed E-state index contributed by atoms with van der Waals surface area (Å²) in [7, 11) is 0. The van der Waals surface area contributed by atoms with Crippen LogP contribution in [-0.4, -0.2) is 10.2 Å². The van der Waals surface area contributed by atoms with Crippen molar-refractivity contribution >= 4 is 79.9 Å². The van der Waals surface area contributed by atoms with Crippen molar-refractivity contribution < 1.29 is 9.53 Å². The van der Waals surface area contributed by atoms with Crippen molar-refractivity contribution in [2.24, 2.45) is 0 Å². The molecule has 1 saturated heterocycles. The number of thioether (sulfide) groups is 1. The van der Waals surface area contributed by atoms with Gasteiger partial charge in [0, 0.05) is 0 Å². The van der Waals surface area contributed by atoms with E-state index in [1.165, 1.54) is 27.4 Å². The molecular formula is C27H17Cl2NO2S2. The second-order valence-corrected chi connectivity index (χ2v) is 10.1. The Hall–Kier alpha value is -2.83. The minimum atomic E-state index is -0.190. The third kappa shape index (κ3) is 4.70. The summed E-state index contributed by atoms with van der Waals surface area (Å²) in [5, 5.41) is 3.17. The van der Waals surface area contributed by atoms with Crippen LogP contribution in [0.2, 0.25) is 10.0 Å². The predicted octanol–water partition coefficient (Wildman–Crippen LogP) is 8.13. The van der Waals surface area contributed by atoms with Crippen molar-refractivity contribution in [3.05, 3.63) is 111 Å². The Morgan fingerprint density at radius 1 is 0.912 bits per heavy atom. The third-order valence-corrected chi connectivity index (χ3v) is 7.45. The maximum atomic E-state index is 13.0. The highest BCUT2D eigenvalue weighted by Gasteiger charge is 2.33. The monoisotopic (exact) mass is 521 g/mol. The lowest BCUT2D eigenvalue weighted by molar-refractivity contribution is -0.113. The molecule has 34 heavy (non-hydrogen) atoms. The smallest absolute Gasteiger partial charge is 0.270 e. The second-order valence-electron chi connectivity index (χ2n) is 7.61. The molecule has 0 spiro atoms. The first-order valence-electron chi connectivity index (χ1n) is 10.4. The highest BCUT2D eigenvalue weighted by Crippen LogP contribution is 2.38. The Bertz CT molecular complexity index is 1450. The van der Waals surface area contributed by atoms with E-state index in [0.29, 0.717) is 31.6 Å². The number of anilines is 1.